The van der Waals surface area contributed by atoms with Crippen LogP contribution in [0.4, 0.5) is 0 Å². The summed E-state index contributed by atoms with van der Waals surface area (Å²) in [4.78, 5) is 2.40. The Kier molecular flexibility index (Phi) is 9.24. The van der Waals surface area contributed by atoms with Crippen molar-refractivity contribution in [1.29, 1.82) is 0 Å². The summed E-state index contributed by atoms with van der Waals surface area (Å²) in [6.07, 6.45) is 10.8. The van der Waals surface area contributed by atoms with Gasteiger partial charge in [0.1, 0.15) is 11.5 Å². The number of rotatable bonds is 11. The maximum Gasteiger partial charge on any atom is 0.116 e. The lowest BCUT2D eigenvalue weighted by Crippen LogP contribution is -2.44. The number of nitrogens with zero attached hydrogens (tertiary/aromatic N) is 1. The maximum absolute atomic E-state index is 9.96. The van der Waals surface area contributed by atoms with Gasteiger partial charge < -0.3 is 20.3 Å². The number of aromatic hydroxyl groups is 1. The Morgan fingerprint density at radius 2 is 1.86 bits per heavy atom. The number of nitrogens with one attached hydrogen (secondary N) is 1. The van der Waals surface area contributed by atoms with Crippen LogP contribution in [-0.2, 0) is 30.5 Å². The van der Waals surface area contributed by atoms with Crippen LogP contribution in [0.1, 0.15) is 42.5 Å². The van der Waals surface area contributed by atoms with Crippen LogP contribution in [-0.4, -0.2) is 54.0 Å². The van der Waals surface area contributed by atoms with Gasteiger partial charge in [-0.3, -0.25) is 4.90 Å². The molecule has 5 nitrogen and oxygen atoms in total. The molecule has 0 spiro atoms. The molecule has 194 valence electrons. The number of phenols is 1. The van der Waals surface area contributed by atoms with Gasteiger partial charge in [0.25, 0.3) is 0 Å². The van der Waals surface area contributed by atoms with Crippen molar-refractivity contribution in [2.24, 2.45) is 11.8 Å². The number of aliphatic hydroxyl groups is 1. The molecule has 0 saturated heterocycles. The minimum atomic E-state index is 0.120. The molecule has 2 aromatic rings. The highest BCUT2D eigenvalue weighted by Gasteiger charge is 2.34. The first kappa shape index (κ1) is 26.5. The number of phenolic OH excluding ortho intramolecular Hbond substituents is 1. The molecule has 3 N–H and O–H groups in total. The van der Waals surface area contributed by atoms with Gasteiger partial charge in [0, 0.05) is 25.2 Å². The van der Waals surface area contributed by atoms with Crippen molar-refractivity contribution in [2.75, 3.05) is 26.8 Å². The minimum Gasteiger partial charge on any atom is -0.508 e. The normalized spacial score (nSPS) is 21.5. The number of methoxy groups -OCH3 is 1. The van der Waals surface area contributed by atoms with E-state index in [9.17, 15) is 10.2 Å². The lowest BCUT2D eigenvalue weighted by Gasteiger charge is -2.41. The summed E-state index contributed by atoms with van der Waals surface area (Å²) < 4.78 is 5.63. The molecule has 5 heteroatoms. The molecule has 36 heavy (non-hydrogen) atoms. The van der Waals surface area contributed by atoms with E-state index in [0.717, 1.165) is 44.5 Å². The molecular weight excluding hydrogens is 448 g/mol. The van der Waals surface area contributed by atoms with Gasteiger partial charge in [-0.25, -0.2) is 0 Å². The first-order chi connectivity index (χ1) is 17.5. The molecule has 3 atom stereocenters. The monoisotopic (exact) mass is 490 g/mol. The van der Waals surface area contributed by atoms with E-state index < -0.39 is 0 Å². The summed E-state index contributed by atoms with van der Waals surface area (Å²) in [5, 5.41) is 23.3. The van der Waals surface area contributed by atoms with Crippen LogP contribution in [0.5, 0.6) is 5.75 Å². The Morgan fingerprint density at radius 3 is 2.58 bits per heavy atom. The Morgan fingerprint density at radius 1 is 1.08 bits per heavy atom. The average molecular weight is 491 g/mol. The number of fused-ring (bicyclic) bond motifs is 1. The fourth-order valence-electron chi connectivity index (χ4n) is 5.69. The molecule has 2 aliphatic rings. The van der Waals surface area contributed by atoms with Crippen molar-refractivity contribution < 1.29 is 14.9 Å². The molecule has 0 heterocycles. The maximum atomic E-state index is 9.96. The topological polar surface area (TPSA) is 65.0 Å². The van der Waals surface area contributed by atoms with Crippen LogP contribution in [0.2, 0.25) is 0 Å². The molecule has 0 saturated carbocycles. The molecule has 0 fully saturated rings. The van der Waals surface area contributed by atoms with Crippen LogP contribution in [0, 0.1) is 11.8 Å². The lowest BCUT2D eigenvalue weighted by molar-refractivity contribution is 0.115. The van der Waals surface area contributed by atoms with Crippen molar-refractivity contribution in [3.05, 3.63) is 88.7 Å². The SMILES string of the molecule is COC1=CC(N(CCO)Cc2ccc(CCNC(C)C)cc2)C([C@@H]2CCc3cc(O)ccc3C2)C=C1. The van der Waals surface area contributed by atoms with Gasteiger partial charge in [-0.2, -0.15) is 0 Å². The zero-order valence-electron chi connectivity index (χ0n) is 22.0. The fourth-order valence-corrected chi connectivity index (χ4v) is 5.69. The Labute approximate surface area is 216 Å². The Hall–Kier alpha value is -2.60. The van der Waals surface area contributed by atoms with Crippen LogP contribution in [0.25, 0.3) is 0 Å². The standard InChI is InChI=1S/C31H42N2O3/c1-22(2)32-15-14-23-4-6-24(7-5-23)21-33(16-17-34)31-20-29(36-3)12-13-30(31)27-9-8-26-19-28(35)11-10-25(26)18-27/h4-7,10-13,19-20,22,27,30-32,34-35H,8-9,14-18,21H2,1-3H3/t27-,30?,31?/m1/s1. The molecule has 2 unspecified atom stereocenters. The minimum absolute atomic E-state index is 0.120. The smallest absolute Gasteiger partial charge is 0.116 e. The summed E-state index contributed by atoms with van der Waals surface area (Å²) in [5.41, 5.74) is 5.21. The van der Waals surface area contributed by atoms with Crippen molar-refractivity contribution in [2.45, 2.75) is 58.2 Å². The van der Waals surface area contributed by atoms with E-state index in [-0.39, 0.29) is 12.6 Å². The van der Waals surface area contributed by atoms with Gasteiger partial charge >= 0.3 is 0 Å². The molecule has 0 amide bonds. The highest BCUT2D eigenvalue weighted by atomic mass is 16.5. The highest BCUT2D eigenvalue weighted by molar-refractivity contribution is 5.37. The molecule has 2 aromatic carbocycles. The predicted octanol–water partition coefficient (Wildman–Crippen LogP) is 4.62. The van der Waals surface area contributed by atoms with Crippen molar-refractivity contribution in [1.82, 2.24) is 10.2 Å². The van der Waals surface area contributed by atoms with Crippen LogP contribution in [0.3, 0.4) is 0 Å². The number of aliphatic hydroxyl groups excluding tert-OH is 1. The fraction of sp³-hybridized carbons (Fsp3) is 0.484. The third kappa shape index (κ3) is 6.78. The van der Waals surface area contributed by atoms with E-state index >= 15 is 0 Å². The molecule has 0 aromatic heterocycles. The second kappa shape index (κ2) is 12.6. The van der Waals surface area contributed by atoms with Gasteiger partial charge in [-0.1, -0.05) is 50.3 Å². The van der Waals surface area contributed by atoms with Crippen LogP contribution in [0.15, 0.2) is 66.5 Å². The summed E-state index contributed by atoms with van der Waals surface area (Å²) in [6.45, 7) is 6.84. The zero-order valence-corrected chi connectivity index (χ0v) is 22.0. The van der Waals surface area contributed by atoms with Crippen molar-refractivity contribution in [3.63, 3.8) is 0 Å². The molecule has 0 aliphatic heterocycles. The van der Waals surface area contributed by atoms with Gasteiger partial charge in [-0.15, -0.1) is 0 Å². The Bertz CT molecular complexity index is 1040. The number of hydrogen-bond donors (Lipinski definition) is 3. The molecule has 0 radical (unpaired) electrons. The molecular formula is C31H42N2O3. The number of hydrogen-bond acceptors (Lipinski definition) is 5. The van der Waals surface area contributed by atoms with E-state index in [2.05, 4.69) is 72.6 Å². The second-order valence-electron chi connectivity index (χ2n) is 10.5. The zero-order chi connectivity index (χ0) is 25.5. The lowest BCUT2D eigenvalue weighted by atomic mass is 9.72. The van der Waals surface area contributed by atoms with Crippen molar-refractivity contribution in [3.8, 4) is 5.75 Å². The summed E-state index contributed by atoms with van der Waals surface area (Å²) >= 11 is 0. The summed E-state index contributed by atoms with van der Waals surface area (Å²) in [7, 11) is 1.72. The Balaban J connectivity index is 1.50. The van der Waals surface area contributed by atoms with E-state index in [1.54, 1.807) is 13.2 Å². The average Bonchev–Trinajstić information content (AvgIpc) is 2.88. The summed E-state index contributed by atoms with van der Waals surface area (Å²) in [5.74, 6) is 2.06. The van der Waals surface area contributed by atoms with Crippen molar-refractivity contribution >= 4 is 0 Å². The van der Waals surface area contributed by atoms with Gasteiger partial charge in [0.05, 0.1) is 13.7 Å². The molecule has 2 aliphatic carbocycles. The molecule has 0 bridgehead atoms. The first-order valence-corrected chi connectivity index (χ1v) is 13.4. The molecule has 4 rings (SSSR count). The van der Waals surface area contributed by atoms with Crippen LogP contribution < -0.4 is 5.32 Å². The number of ether oxygens (including phenoxy) is 1. The van der Waals surface area contributed by atoms with E-state index in [1.807, 2.05) is 6.07 Å². The number of benzene rings is 2. The van der Waals surface area contributed by atoms with E-state index in [0.29, 0.717) is 30.2 Å². The van der Waals surface area contributed by atoms with Gasteiger partial charge in [-0.05, 0) is 90.6 Å². The van der Waals surface area contributed by atoms with E-state index in [4.69, 9.17) is 4.74 Å². The quantitative estimate of drug-likeness (QED) is 0.429. The third-order valence-corrected chi connectivity index (χ3v) is 7.63. The summed E-state index contributed by atoms with van der Waals surface area (Å²) in [6, 6.07) is 15.4. The number of allylic oxidation sites excluding steroid dienone is 1. The predicted molar refractivity (Wildman–Crippen MR) is 146 cm³/mol. The largest absolute Gasteiger partial charge is 0.508 e. The van der Waals surface area contributed by atoms with Gasteiger partial charge in [0.2, 0.25) is 0 Å². The second-order valence-corrected chi connectivity index (χ2v) is 10.5. The van der Waals surface area contributed by atoms with Gasteiger partial charge in [0.15, 0.2) is 0 Å². The van der Waals surface area contributed by atoms with E-state index in [1.165, 1.54) is 22.3 Å². The highest BCUT2D eigenvalue weighted by Crippen LogP contribution is 2.38. The van der Waals surface area contributed by atoms with Crippen LogP contribution >= 0.6 is 0 Å². The third-order valence-electron chi connectivity index (χ3n) is 7.63. The first-order valence-electron chi connectivity index (χ1n) is 13.4. The number of aryl methyl sites for hydroxylation is 1.